The number of hydrogen-bond acceptors (Lipinski definition) is 4. The Morgan fingerprint density at radius 1 is 1.63 bits per heavy atom. The van der Waals surface area contributed by atoms with Crippen LogP contribution in [0.15, 0.2) is 6.20 Å². The summed E-state index contributed by atoms with van der Waals surface area (Å²) >= 11 is 6.15. The lowest BCUT2D eigenvalue weighted by atomic mass is 9.99. The minimum absolute atomic E-state index is 0.420. The van der Waals surface area contributed by atoms with E-state index in [0.29, 0.717) is 17.4 Å². The maximum absolute atomic E-state index is 10.4. The summed E-state index contributed by atoms with van der Waals surface area (Å²) in [4.78, 5) is 2.08. The van der Waals surface area contributed by atoms with Gasteiger partial charge in [0.25, 0.3) is 0 Å². The lowest BCUT2D eigenvalue weighted by Crippen LogP contribution is -2.21. The van der Waals surface area contributed by atoms with Crippen LogP contribution in [0.3, 0.4) is 0 Å². The van der Waals surface area contributed by atoms with Crippen molar-refractivity contribution in [3.63, 3.8) is 0 Å². The highest BCUT2D eigenvalue weighted by Gasteiger charge is 2.24. The number of aliphatic hydroxyl groups is 1. The number of halogens is 1. The Morgan fingerprint density at radius 2 is 2.42 bits per heavy atom. The number of rotatable bonds is 6. The van der Waals surface area contributed by atoms with Gasteiger partial charge < -0.3 is 14.7 Å². The molecule has 1 N–H and O–H groups in total. The Labute approximate surface area is 119 Å². The first-order valence-electron chi connectivity index (χ1n) is 6.69. The van der Waals surface area contributed by atoms with Crippen molar-refractivity contribution in [3.8, 4) is 0 Å². The van der Waals surface area contributed by atoms with Crippen LogP contribution in [0.5, 0.6) is 0 Å². The SMILES string of the molecule is CN(C)CCn1ncc(Cl)c1C(O)CC1CCOC1. The Balaban J connectivity index is 2.02. The van der Waals surface area contributed by atoms with E-state index in [1.165, 1.54) is 0 Å². The van der Waals surface area contributed by atoms with Gasteiger partial charge in [0.15, 0.2) is 0 Å². The smallest absolute Gasteiger partial charge is 0.0975 e. The first-order chi connectivity index (χ1) is 9.08. The van der Waals surface area contributed by atoms with Crippen molar-refractivity contribution in [2.45, 2.75) is 25.5 Å². The van der Waals surface area contributed by atoms with Crippen molar-refractivity contribution in [3.05, 3.63) is 16.9 Å². The van der Waals surface area contributed by atoms with E-state index in [1.807, 2.05) is 18.8 Å². The van der Waals surface area contributed by atoms with Gasteiger partial charge in [-0.3, -0.25) is 4.68 Å². The second-order valence-corrected chi connectivity index (χ2v) is 5.79. The molecule has 0 amide bonds. The van der Waals surface area contributed by atoms with Gasteiger partial charge in [-0.15, -0.1) is 0 Å². The maximum Gasteiger partial charge on any atom is 0.0975 e. The van der Waals surface area contributed by atoms with Crippen molar-refractivity contribution >= 4 is 11.6 Å². The number of likely N-dealkylation sites (N-methyl/N-ethyl adjacent to an activating group) is 1. The van der Waals surface area contributed by atoms with E-state index in [2.05, 4.69) is 10.00 Å². The molecule has 1 aliphatic heterocycles. The van der Waals surface area contributed by atoms with E-state index >= 15 is 0 Å². The average molecular weight is 288 g/mol. The summed E-state index contributed by atoms with van der Waals surface area (Å²) in [5.74, 6) is 0.420. The van der Waals surface area contributed by atoms with Gasteiger partial charge in [-0.05, 0) is 32.9 Å². The Morgan fingerprint density at radius 3 is 3.05 bits per heavy atom. The summed E-state index contributed by atoms with van der Waals surface area (Å²) in [6.07, 6.45) is 2.75. The first-order valence-corrected chi connectivity index (χ1v) is 7.07. The second-order valence-electron chi connectivity index (χ2n) is 5.39. The number of ether oxygens (including phenoxy) is 1. The van der Waals surface area contributed by atoms with Crippen LogP contribution in [-0.4, -0.2) is 53.6 Å². The van der Waals surface area contributed by atoms with Gasteiger partial charge in [0.2, 0.25) is 0 Å². The second kappa shape index (κ2) is 6.70. The Kier molecular flexibility index (Phi) is 5.21. The molecule has 2 atom stereocenters. The lowest BCUT2D eigenvalue weighted by molar-refractivity contribution is 0.121. The molecular weight excluding hydrogens is 266 g/mol. The lowest BCUT2D eigenvalue weighted by Gasteiger charge is -2.18. The number of hydrogen-bond donors (Lipinski definition) is 1. The molecule has 19 heavy (non-hydrogen) atoms. The molecule has 1 aromatic heterocycles. The molecule has 5 nitrogen and oxygen atoms in total. The van der Waals surface area contributed by atoms with Gasteiger partial charge in [-0.1, -0.05) is 11.6 Å². The molecule has 0 bridgehead atoms. The fraction of sp³-hybridized carbons (Fsp3) is 0.769. The topological polar surface area (TPSA) is 50.5 Å². The van der Waals surface area contributed by atoms with Crippen LogP contribution in [0, 0.1) is 5.92 Å². The molecular formula is C13H22ClN3O2. The molecule has 2 unspecified atom stereocenters. The summed E-state index contributed by atoms with van der Waals surface area (Å²) in [7, 11) is 4.02. The zero-order chi connectivity index (χ0) is 13.8. The van der Waals surface area contributed by atoms with Gasteiger partial charge in [-0.25, -0.2) is 0 Å². The largest absolute Gasteiger partial charge is 0.387 e. The van der Waals surface area contributed by atoms with E-state index in [1.54, 1.807) is 6.20 Å². The predicted octanol–water partition coefficient (Wildman–Crippen LogP) is 1.56. The van der Waals surface area contributed by atoms with Crippen LogP contribution in [0.25, 0.3) is 0 Å². The normalized spacial score (nSPS) is 21.2. The third-order valence-electron chi connectivity index (χ3n) is 3.49. The molecule has 2 heterocycles. The van der Waals surface area contributed by atoms with E-state index in [0.717, 1.165) is 38.4 Å². The number of aromatic nitrogens is 2. The monoisotopic (exact) mass is 287 g/mol. The van der Waals surface area contributed by atoms with E-state index < -0.39 is 6.10 Å². The van der Waals surface area contributed by atoms with Crippen molar-refractivity contribution in [1.29, 1.82) is 0 Å². The third-order valence-corrected chi connectivity index (χ3v) is 3.78. The average Bonchev–Trinajstić information content (AvgIpc) is 2.96. The summed E-state index contributed by atoms with van der Waals surface area (Å²) in [6.45, 7) is 3.13. The van der Waals surface area contributed by atoms with Crippen molar-refractivity contribution in [2.75, 3.05) is 33.9 Å². The van der Waals surface area contributed by atoms with Crippen LogP contribution >= 0.6 is 11.6 Å². The summed E-state index contributed by atoms with van der Waals surface area (Å²) in [5, 5.41) is 15.2. The Bertz CT molecular complexity index is 403. The molecule has 2 rings (SSSR count). The standard InChI is InChI=1S/C13H22ClN3O2/c1-16(2)4-5-17-13(11(14)8-15-17)12(18)7-10-3-6-19-9-10/h8,10,12,18H,3-7,9H2,1-2H3. The summed E-state index contributed by atoms with van der Waals surface area (Å²) in [6, 6.07) is 0. The zero-order valence-electron chi connectivity index (χ0n) is 11.5. The summed E-state index contributed by atoms with van der Waals surface area (Å²) in [5.41, 5.74) is 0.732. The molecule has 0 saturated carbocycles. The quantitative estimate of drug-likeness (QED) is 0.863. The minimum atomic E-state index is -0.566. The van der Waals surface area contributed by atoms with Crippen LogP contribution in [0.4, 0.5) is 0 Å². The molecule has 0 aromatic carbocycles. The van der Waals surface area contributed by atoms with Gasteiger partial charge in [0.05, 0.1) is 29.6 Å². The fourth-order valence-corrected chi connectivity index (χ4v) is 2.64. The molecule has 108 valence electrons. The number of aliphatic hydroxyl groups excluding tert-OH is 1. The third kappa shape index (κ3) is 3.92. The van der Waals surface area contributed by atoms with Crippen LogP contribution in [0.2, 0.25) is 5.02 Å². The molecule has 1 aliphatic rings. The van der Waals surface area contributed by atoms with Gasteiger partial charge in [0, 0.05) is 19.8 Å². The van der Waals surface area contributed by atoms with Crippen molar-refractivity contribution in [1.82, 2.24) is 14.7 Å². The van der Waals surface area contributed by atoms with Crippen LogP contribution < -0.4 is 0 Å². The van der Waals surface area contributed by atoms with E-state index in [-0.39, 0.29) is 0 Å². The molecule has 6 heteroatoms. The maximum atomic E-state index is 10.4. The van der Waals surface area contributed by atoms with Crippen molar-refractivity contribution in [2.24, 2.45) is 5.92 Å². The van der Waals surface area contributed by atoms with Crippen LogP contribution in [0.1, 0.15) is 24.6 Å². The molecule has 0 radical (unpaired) electrons. The highest BCUT2D eigenvalue weighted by atomic mass is 35.5. The number of nitrogens with zero attached hydrogens (tertiary/aromatic N) is 3. The molecule has 1 aromatic rings. The predicted molar refractivity (Wildman–Crippen MR) is 74.3 cm³/mol. The van der Waals surface area contributed by atoms with Gasteiger partial charge >= 0.3 is 0 Å². The molecule has 1 fully saturated rings. The zero-order valence-corrected chi connectivity index (χ0v) is 12.3. The highest BCUT2D eigenvalue weighted by Crippen LogP contribution is 2.30. The molecule has 0 aliphatic carbocycles. The Hall–Kier alpha value is -0.620. The van der Waals surface area contributed by atoms with Gasteiger partial charge in [-0.2, -0.15) is 5.10 Å². The molecule has 1 saturated heterocycles. The van der Waals surface area contributed by atoms with Crippen LogP contribution in [-0.2, 0) is 11.3 Å². The van der Waals surface area contributed by atoms with Gasteiger partial charge in [0.1, 0.15) is 0 Å². The highest BCUT2D eigenvalue weighted by molar-refractivity contribution is 6.31. The first kappa shape index (κ1) is 14.8. The van der Waals surface area contributed by atoms with E-state index in [9.17, 15) is 5.11 Å². The molecule has 0 spiro atoms. The van der Waals surface area contributed by atoms with E-state index in [4.69, 9.17) is 16.3 Å². The summed E-state index contributed by atoms with van der Waals surface area (Å²) < 4.78 is 7.15. The fourth-order valence-electron chi connectivity index (χ4n) is 2.37. The van der Waals surface area contributed by atoms with Crippen molar-refractivity contribution < 1.29 is 9.84 Å². The minimum Gasteiger partial charge on any atom is -0.387 e.